The van der Waals surface area contributed by atoms with Gasteiger partial charge in [-0.2, -0.15) is 4.72 Å². The van der Waals surface area contributed by atoms with Crippen LogP contribution >= 0.6 is 11.6 Å². The SMILES string of the molecule is CCOC(=O)c1[nH]c(COC(=O)[C@@H](NS(=O)(=O)c2ccc(Cl)cc2)[C@@H](C)O)c(C(=O)OCC)c1C. The third-order valence-corrected chi connectivity index (χ3v) is 6.50. The van der Waals surface area contributed by atoms with Crippen LogP contribution in [0.2, 0.25) is 5.02 Å². The summed E-state index contributed by atoms with van der Waals surface area (Å²) in [5, 5.41) is 10.4. The average molecular weight is 531 g/mol. The van der Waals surface area contributed by atoms with Gasteiger partial charge in [-0.15, -0.1) is 0 Å². The summed E-state index contributed by atoms with van der Waals surface area (Å²) in [6, 6.07) is 3.52. The number of benzene rings is 1. The maximum atomic E-state index is 12.7. The minimum absolute atomic E-state index is 0.0157. The third kappa shape index (κ3) is 7.04. The number of sulfonamides is 1. The van der Waals surface area contributed by atoms with Crippen LogP contribution in [0.4, 0.5) is 0 Å². The van der Waals surface area contributed by atoms with Crippen LogP contribution in [-0.4, -0.2) is 61.8 Å². The van der Waals surface area contributed by atoms with Crippen LogP contribution in [0, 0.1) is 6.92 Å². The Kier molecular flexibility index (Phi) is 9.83. The number of aromatic nitrogens is 1. The lowest BCUT2D eigenvalue weighted by atomic mass is 10.1. The van der Waals surface area contributed by atoms with Crippen molar-refractivity contribution in [2.75, 3.05) is 13.2 Å². The molecule has 0 saturated heterocycles. The van der Waals surface area contributed by atoms with E-state index in [1.165, 1.54) is 38.1 Å². The highest BCUT2D eigenvalue weighted by molar-refractivity contribution is 7.89. The summed E-state index contributed by atoms with van der Waals surface area (Å²) in [4.78, 5) is 39.9. The average Bonchev–Trinajstić information content (AvgIpc) is 3.12. The number of ether oxygens (including phenoxy) is 3. The number of esters is 3. The third-order valence-electron chi connectivity index (χ3n) is 4.79. The molecule has 0 aliphatic rings. The van der Waals surface area contributed by atoms with Gasteiger partial charge in [-0.05, 0) is 57.5 Å². The molecule has 0 spiro atoms. The van der Waals surface area contributed by atoms with Gasteiger partial charge in [-0.25, -0.2) is 18.0 Å². The summed E-state index contributed by atoms with van der Waals surface area (Å²) >= 11 is 5.78. The number of carbonyl (C=O) groups is 3. The van der Waals surface area contributed by atoms with Gasteiger partial charge in [0, 0.05) is 5.02 Å². The minimum atomic E-state index is -4.21. The Labute approximate surface area is 207 Å². The van der Waals surface area contributed by atoms with Gasteiger partial charge in [0.2, 0.25) is 10.0 Å². The lowest BCUT2D eigenvalue weighted by molar-refractivity contribution is -0.149. The molecule has 1 aromatic heterocycles. The monoisotopic (exact) mass is 530 g/mol. The van der Waals surface area contributed by atoms with Crippen LogP contribution in [0.15, 0.2) is 29.2 Å². The molecular weight excluding hydrogens is 504 g/mol. The number of nitrogens with one attached hydrogen (secondary N) is 2. The second-order valence-corrected chi connectivity index (χ2v) is 9.47. The zero-order valence-electron chi connectivity index (χ0n) is 19.6. The van der Waals surface area contributed by atoms with Crippen LogP contribution in [0.25, 0.3) is 0 Å². The normalized spacial score (nSPS) is 13.1. The van der Waals surface area contributed by atoms with Crippen molar-refractivity contribution in [1.29, 1.82) is 0 Å². The van der Waals surface area contributed by atoms with E-state index in [9.17, 15) is 27.9 Å². The Bertz CT molecular complexity index is 1170. The second-order valence-electron chi connectivity index (χ2n) is 7.32. The lowest BCUT2D eigenvalue weighted by Gasteiger charge is -2.20. The van der Waals surface area contributed by atoms with Crippen molar-refractivity contribution in [2.24, 2.45) is 0 Å². The van der Waals surface area contributed by atoms with E-state index in [1.54, 1.807) is 13.8 Å². The Morgan fingerprint density at radius 1 is 1.06 bits per heavy atom. The highest BCUT2D eigenvalue weighted by Gasteiger charge is 2.32. The zero-order chi connectivity index (χ0) is 26.3. The van der Waals surface area contributed by atoms with Crippen LogP contribution in [0.3, 0.4) is 0 Å². The maximum Gasteiger partial charge on any atom is 0.355 e. The summed E-state index contributed by atoms with van der Waals surface area (Å²) < 4.78 is 42.6. The molecule has 1 heterocycles. The molecule has 0 saturated carbocycles. The van der Waals surface area contributed by atoms with Gasteiger partial charge in [0.15, 0.2) is 0 Å². The van der Waals surface area contributed by atoms with E-state index in [2.05, 4.69) is 9.71 Å². The molecule has 0 aliphatic heterocycles. The first-order chi connectivity index (χ1) is 16.4. The van der Waals surface area contributed by atoms with E-state index in [1.807, 2.05) is 0 Å². The number of halogens is 1. The first-order valence-corrected chi connectivity index (χ1v) is 12.5. The number of aliphatic hydroxyl groups excluding tert-OH is 1. The van der Waals surface area contributed by atoms with Gasteiger partial charge in [0.1, 0.15) is 18.3 Å². The van der Waals surface area contributed by atoms with Gasteiger partial charge < -0.3 is 24.3 Å². The molecule has 13 heteroatoms. The van der Waals surface area contributed by atoms with Crippen molar-refractivity contribution < 1.29 is 42.1 Å². The molecule has 1 aromatic carbocycles. The molecule has 2 rings (SSSR count). The van der Waals surface area contributed by atoms with Crippen LogP contribution in [0.5, 0.6) is 0 Å². The number of carbonyl (C=O) groups excluding carboxylic acids is 3. The number of aliphatic hydroxyl groups is 1. The van der Waals surface area contributed by atoms with Crippen LogP contribution < -0.4 is 4.72 Å². The summed E-state index contributed by atoms with van der Waals surface area (Å²) in [7, 11) is -4.21. The van der Waals surface area contributed by atoms with Gasteiger partial charge >= 0.3 is 17.9 Å². The van der Waals surface area contributed by atoms with Crippen molar-refractivity contribution >= 4 is 39.5 Å². The number of H-pyrrole nitrogens is 1. The summed E-state index contributed by atoms with van der Waals surface area (Å²) in [5.41, 5.74) is 0.250. The van der Waals surface area contributed by atoms with Crippen molar-refractivity contribution in [1.82, 2.24) is 9.71 Å². The second kappa shape index (κ2) is 12.2. The van der Waals surface area contributed by atoms with Crippen LogP contribution in [0.1, 0.15) is 52.9 Å². The molecule has 192 valence electrons. The zero-order valence-corrected chi connectivity index (χ0v) is 21.2. The van der Waals surface area contributed by atoms with Crippen molar-refractivity contribution in [2.45, 2.75) is 51.3 Å². The number of hydrogen-bond donors (Lipinski definition) is 3. The maximum absolute atomic E-state index is 12.7. The van der Waals surface area contributed by atoms with E-state index < -0.39 is 46.7 Å². The Hall–Kier alpha value is -2.93. The Morgan fingerprint density at radius 3 is 2.17 bits per heavy atom. The van der Waals surface area contributed by atoms with E-state index >= 15 is 0 Å². The molecule has 0 bridgehead atoms. The minimum Gasteiger partial charge on any atom is -0.462 e. The smallest absolute Gasteiger partial charge is 0.355 e. The largest absolute Gasteiger partial charge is 0.462 e. The van der Waals surface area contributed by atoms with Crippen molar-refractivity contribution in [3.05, 3.63) is 51.8 Å². The van der Waals surface area contributed by atoms with Gasteiger partial charge in [-0.1, -0.05) is 11.6 Å². The molecule has 0 unspecified atom stereocenters. The molecule has 2 aromatic rings. The molecule has 35 heavy (non-hydrogen) atoms. The molecular formula is C22H27ClN2O9S. The fourth-order valence-electron chi connectivity index (χ4n) is 3.08. The van der Waals surface area contributed by atoms with Gasteiger partial charge in [-0.3, -0.25) is 4.79 Å². The predicted molar refractivity (Wildman–Crippen MR) is 124 cm³/mol. The molecule has 0 amide bonds. The van der Waals surface area contributed by atoms with Gasteiger partial charge in [0.05, 0.1) is 35.5 Å². The molecule has 0 fully saturated rings. The number of aromatic amines is 1. The Balaban J connectivity index is 2.27. The highest BCUT2D eigenvalue weighted by atomic mass is 35.5. The first-order valence-electron chi connectivity index (χ1n) is 10.6. The quantitative estimate of drug-likeness (QED) is 0.292. The van der Waals surface area contributed by atoms with E-state index in [0.717, 1.165) is 0 Å². The fraction of sp³-hybridized carbons (Fsp3) is 0.409. The topological polar surface area (TPSA) is 161 Å². The summed E-state index contributed by atoms with van der Waals surface area (Å²) in [6.07, 6.45) is -1.46. The molecule has 11 nitrogen and oxygen atoms in total. The predicted octanol–water partition coefficient (Wildman–Crippen LogP) is 2.10. The molecule has 0 radical (unpaired) electrons. The fourth-order valence-corrected chi connectivity index (χ4v) is 4.46. The van der Waals surface area contributed by atoms with E-state index in [-0.39, 0.29) is 40.6 Å². The summed E-state index contributed by atoms with van der Waals surface area (Å²) in [5.74, 6) is -2.58. The number of rotatable bonds is 11. The molecule has 0 aliphatic carbocycles. The molecule has 3 N–H and O–H groups in total. The lowest BCUT2D eigenvalue weighted by Crippen LogP contribution is -2.48. The van der Waals surface area contributed by atoms with Crippen molar-refractivity contribution in [3.63, 3.8) is 0 Å². The molecule has 2 atom stereocenters. The van der Waals surface area contributed by atoms with E-state index in [0.29, 0.717) is 5.02 Å². The standard InChI is InChI=1S/C22H27ClN2O9S/c1-5-32-20(27)17-12(3)18(21(28)33-6-2)24-16(17)11-34-22(29)19(13(4)26)25-35(30,31)15-9-7-14(23)8-10-15/h7-10,13,19,24-26H,5-6,11H2,1-4H3/t13-,19+/m1/s1. The van der Waals surface area contributed by atoms with Crippen molar-refractivity contribution in [3.8, 4) is 0 Å². The first kappa shape index (κ1) is 28.3. The highest BCUT2D eigenvalue weighted by Crippen LogP contribution is 2.22. The van der Waals surface area contributed by atoms with E-state index in [4.69, 9.17) is 25.8 Å². The van der Waals surface area contributed by atoms with Crippen LogP contribution in [-0.2, 0) is 35.6 Å². The van der Waals surface area contributed by atoms with Gasteiger partial charge in [0.25, 0.3) is 0 Å². The summed E-state index contributed by atoms with van der Waals surface area (Å²) in [6.45, 7) is 5.54. The number of hydrogen-bond acceptors (Lipinski definition) is 9. The Morgan fingerprint density at radius 2 is 1.63 bits per heavy atom.